The Labute approximate surface area is 93.3 Å². The van der Waals surface area contributed by atoms with Gasteiger partial charge in [-0.25, -0.2) is 4.39 Å². The van der Waals surface area contributed by atoms with Crippen LogP contribution in [0.1, 0.15) is 18.0 Å². The van der Waals surface area contributed by atoms with Gasteiger partial charge in [-0.1, -0.05) is 12.1 Å². The molecule has 0 amide bonds. The van der Waals surface area contributed by atoms with Crippen LogP contribution in [-0.2, 0) is 4.79 Å². The van der Waals surface area contributed by atoms with E-state index in [9.17, 15) is 9.18 Å². The van der Waals surface area contributed by atoms with Crippen LogP contribution in [0.2, 0.25) is 0 Å². The first kappa shape index (κ1) is 12.6. The molecule has 0 fully saturated rings. The van der Waals surface area contributed by atoms with Crippen LogP contribution in [0.5, 0.6) is 0 Å². The number of hydrogen-bond acceptors (Lipinski definition) is 3. The molecule has 1 aromatic rings. The van der Waals surface area contributed by atoms with Gasteiger partial charge in [0.2, 0.25) is 0 Å². The second-order valence-electron chi connectivity index (χ2n) is 3.58. The Bertz CT molecular complexity index is 371. The van der Waals surface area contributed by atoms with Crippen molar-refractivity contribution in [1.82, 2.24) is 5.32 Å². The second-order valence-corrected chi connectivity index (χ2v) is 3.58. The predicted molar refractivity (Wildman–Crippen MR) is 58.4 cm³/mol. The molecule has 0 saturated carbocycles. The fourth-order valence-corrected chi connectivity index (χ4v) is 1.65. The van der Waals surface area contributed by atoms with Crippen LogP contribution >= 0.6 is 0 Å². The zero-order valence-electron chi connectivity index (χ0n) is 8.98. The van der Waals surface area contributed by atoms with Gasteiger partial charge in [0.15, 0.2) is 0 Å². The van der Waals surface area contributed by atoms with E-state index in [1.807, 2.05) is 0 Å². The van der Waals surface area contributed by atoms with Crippen LogP contribution in [0.15, 0.2) is 24.3 Å². The minimum Gasteiger partial charge on any atom is -0.481 e. The van der Waals surface area contributed by atoms with Gasteiger partial charge in [-0.15, -0.1) is 0 Å². The van der Waals surface area contributed by atoms with Crippen molar-refractivity contribution in [3.63, 3.8) is 0 Å². The summed E-state index contributed by atoms with van der Waals surface area (Å²) in [7, 11) is 1.66. The van der Waals surface area contributed by atoms with Crippen molar-refractivity contribution in [2.24, 2.45) is 5.73 Å². The number of nitrogens with two attached hydrogens (primary N) is 1. The summed E-state index contributed by atoms with van der Waals surface area (Å²) in [5.74, 6) is -1.33. The number of rotatable bonds is 5. The third-order valence-corrected chi connectivity index (χ3v) is 2.36. The molecule has 0 aliphatic rings. The van der Waals surface area contributed by atoms with E-state index < -0.39 is 12.0 Å². The number of carbonyl (C=O) groups is 1. The molecule has 1 aromatic carbocycles. The van der Waals surface area contributed by atoms with Crippen molar-refractivity contribution in [2.45, 2.75) is 18.5 Å². The summed E-state index contributed by atoms with van der Waals surface area (Å²) in [5.41, 5.74) is 6.40. The van der Waals surface area contributed by atoms with Crippen molar-refractivity contribution in [2.75, 3.05) is 7.05 Å². The lowest BCUT2D eigenvalue weighted by Gasteiger charge is -2.22. The van der Waals surface area contributed by atoms with Crippen molar-refractivity contribution >= 4 is 5.97 Å². The molecule has 4 N–H and O–H groups in total. The summed E-state index contributed by atoms with van der Waals surface area (Å²) in [6.07, 6.45) is -0.165. The maximum Gasteiger partial charge on any atom is 0.304 e. The monoisotopic (exact) mass is 226 g/mol. The van der Waals surface area contributed by atoms with Gasteiger partial charge in [0.25, 0.3) is 0 Å². The number of nitrogens with one attached hydrogen (secondary N) is 1. The minimum absolute atomic E-state index is 0.165. The summed E-state index contributed by atoms with van der Waals surface area (Å²) in [6, 6.07) is 5.01. The summed E-state index contributed by atoms with van der Waals surface area (Å²) in [5, 5.41) is 11.5. The Morgan fingerprint density at radius 2 is 2.31 bits per heavy atom. The van der Waals surface area contributed by atoms with Crippen LogP contribution in [0.25, 0.3) is 0 Å². The van der Waals surface area contributed by atoms with E-state index in [4.69, 9.17) is 10.8 Å². The Hall–Kier alpha value is -1.46. The third-order valence-electron chi connectivity index (χ3n) is 2.36. The van der Waals surface area contributed by atoms with Gasteiger partial charge in [0, 0.05) is 12.1 Å². The van der Waals surface area contributed by atoms with Crippen LogP contribution in [-0.4, -0.2) is 24.2 Å². The van der Waals surface area contributed by atoms with Crippen molar-refractivity contribution in [3.8, 4) is 0 Å². The summed E-state index contributed by atoms with van der Waals surface area (Å²) in [6.45, 7) is 0. The number of carboxylic acids is 1. The molecule has 1 rings (SSSR count). The minimum atomic E-state index is -0.968. The highest BCUT2D eigenvalue weighted by Crippen LogP contribution is 2.18. The van der Waals surface area contributed by atoms with Gasteiger partial charge in [-0.3, -0.25) is 4.79 Å². The molecule has 0 aliphatic heterocycles. The van der Waals surface area contributed by atoms with Gasteiger partial charge >= 0.3 is 5.97 Å². The normalized spacial score (nSPS) is 14.4. The van der Waals surface area contributed by atoms with Crippen LogP contribution in [0, 0.1) is 5.82 Å². The molecule has 88 valence electrons. The Morgan fingerprint density at radius 3 is 2.81 bits per heavy atom. The SMILES string of the molecule is CNC(c1cccc(F)c1)C(N)CC(=O)O. The molecule has 16 heavy (non-hydrogen) atoms. The third kappa shape index (κ3) is 3.29. The fourth-order valence-electron chi connectivity index (χ4n) is 1.65. The van der Waals surface area contributed by atoms with Gasteiger partial charge in [-0.05, 0) is 24.7 Å². The second kappa shape index (κ2) is 5.58. The van der Waals surface area contributed by atoms with E-state index in [2.05, 4.69) is 5.32 Å². The lowest BCUT2D eigenvalue weighted by atomic mass is 9.98. The predicted octanol–water partition coefficient (Wildman–Crippen LogP) is 0.888. The highest BCUT2D eigenvalue weighted by atomic mass is 19.1. The van der Waals surface area contributed by atoms with Gasteiger partial charge in [0.05, 0.1) is 6.42 Å². The van der Waals surface area contributed by atoms with Crippen LogP contribution in [0.3, 0.4) is 0 Å². The first-order chi connectivity index (χ1) is 7.54. The van der Waals surface area contributed by atoms with Gasteiger partial charge in [0.1, 0.15) is 5.82 Å². The Morgan fingerprint density at radius 1 is 1.62 bits per heavy atom. The standard InChI is InChI=1S/C11H15FN2O2/c1-14-11(9(13)6-10(15)16)7-3-2-4-8(12)5-7/h2-5,9,11,14H,6,13H2,1H3,(H,15,16). The number of carboxylic acid groups (broad SMARTS) is 1. The molecule has 0 heterocycles. The molecular formula is C11H15FN2O2. The topological polar surface area (TPSA) is 75.3 Å². The molecular weight excluding hydrogens is 211 g/mol. The molecule has 2 unspecified atom stereocenters. The Kier molecular flexibility index (Phi) is 4.39. The van der Waals surface area contributed by atoms with Crippen molar-refractivity contribution < 1.29 is 14.3 Å². The lowest BCUT2D eigenvalue weighted by molar-refractivity contribution is -0.137. The summed E-state index contributed by atoms with van der Waals surface area (Å²) < 4.78 is 13.0. The van der Waals surface area contributed by atoms with Crippen LogP contribution < -0.4 is 11.1 Å². The zero-order valence-corrected chi connectivity index (χ0v) is 8.98. The highest BCUT2D eigenvalue weighted by Gasteiger charge is 2.20. The average molecular weight is 226 g/mol. The van der Waals surface area contributed by atoms with Crippen molar-refractivity contribution in [1.29, 1.82) is 0 Å². The molecule has 0 aromatic heterocycles. The van der Waals surface area contributed by atoms with E-state index in [1.54, 1.807) is 19.2 Å². The number of aliphatic carboxylic acids is 1. The Balaban J connectivity index is 2.85. The average Bonchev–Trinajstić information content (AvgIpc) is 2.17. The van der Waals surface area contributed by atoms with Crippen LogP contribution in [0.4, 0.5) is 4.39 Å². The van der Waals surface area contributed by atoms with Gasteiger partial charge < -0.3 is 16.2 Å². The quantitative estimate of drug-likeness (QED) is 0.697. The summed E-state index contributed by atoms with van der Waals surface area (Å²) >= 11 is 0. The highest BCUT2D eigenvalue weighted by molar-refractivity contribution is 5.67. The molecule has 4 nitrogen and oxygen atoms in total. The first-order valence-corrected chi connectivity index (χ1v) is 4.94. The maximum atomic E-state index is 13.0. The van der Waals surface area contributed by atoms with E-state index in [1.165, 1.54) is 12.1 Å². The van der Waals surface area contributed by atoms with E-state index in [0.29, 0.717) is 5.56 Å². The molecule has 0 bridgehead atoms. The number of halogens is 1. The summed E-state index contributed by atoms with van der Waals surface area (Å²) in [4.78, 5) is 10.5. The maximum absolute atomic E-state index is 13.0. The molecule has 0 radical (unpaired) electrons. The smallest absolute Gasteiger partial charge is 0.304 e. The number of likely N-dealkylation sites (N-methyl/N-ethyl adjacent to an activating group) is 1. The molecule has 0 spiro atoms. The lowest BCUT2D eigenvalue weighted by Crippen LogP contribution is -2.37. The van der Waals surface area contributed by atoms with Gasteiger partial charge in [-0.2, -0.15) is 0 Å². The first-order valence-electron chi connectivity index (χ1n) is 4.94. The van der Waals surface area contributed by atoms with E-state index in [-0.39, 0.29) is 18.3 Å². The van der Waals surface area contributed by atoms with Crippen molar-refractivity contribution in [3.05, 3.63) is 35.6 Å². The molecule has 0 aliphatic carbocycles. The number of benzene rings is 1. The largest absolute Gasteiger partial charge is 0.481 e. The molecule has 2 atom stereocenters. The molecule has 0 saturated heterocycles. The zero-order chi connectivity index (χ0) is 12.1. The van der Waals surface area contributed by atoms with E-state index in [0.717, 1.165) is 0 Å². The fraction of sp³-hybridized carbons (Fsp3) is 0.364. The van der Waals surface area contributed by atoms with E-state index >= 15 is 0 Å². The molecule has 5 heteroatoms. The number of hydrogen-bond donors (Lipinski definition) is 3.